The fourth-order valence-electron chi connectivity index (χ4n) is 3.63. The maximum absolute atomic E-state index is 12.7. The molecule has 1 amide bonds. The second kappa shape index (κ2) is 8.69. The summed E-state index contributed by atoms with van der Waals surface area (Å²) in [7, 11) is 1.70. The van der Waals surface area contributed by atoms with Crippen molar-refractivity contribution in [1.82, 2.24) is 15.5 Å². The smallest absolute Gasteiger partial charge is 0.228 e. The Morgan fingerprint density at radius 1 is 1.27 bits per heavy atom. The van der Waals surface area contributed by atoms with Gasteiger partial charge < -0.3 is 15.4 Å². The summed E-state index contributed by atoms with van der Waals surface area (Å²) in [5.41, 5.74) is -0.312. The lowest BCUT2D eigenvalue weighted by Crippen LogP contribution is -2.52. The van der Waals surface area contributed by atoms with Crippen molar-refractivity contribution in [3.63, 3.8) is 0 Å². The van der Waals surface area contributed by atoms with Crippen LogP contribution in [0.5, 0.6) is 0 Å². The molecule has 130 valence electrons. The van der Waals surface area contributed by atoms with Crippen LogP contribution in [0.4, 0.5) is 0 Å². The largest absolute Gasteiger partial charge is 0.384 e. The van der Waals surface area contributed by atoms with E-state index < -0.39 is 0 Å². The molecule has 1 atom stereocenters. The van der Waals surface area contributed by atoms with Crippen LogP contribution in [0.1, 0.15) is 32.1 Å². The molecule has 0 bridgehead atoms. The van der Waals surface area contributed by atoms with Gasteiger partial charge in [0, 0.05) is 32.3 Å². The Kier molecular flexibility index (Phi) is 7.89. The molecule has 1 unspecified atom stereocenters. The molecule has 22 heavy (non-hydrogen) atoms. The summed E-state index contributed by atoms with van der Waals surface area (Å²) in [6, 6.07) is 1.15. The van der Waals surface area contributed by atoms with Crippen LogP contribution < -0.4 is 10.6 Å². The summed E-state index contributed by atoms with van der Waals surface area (Å²) in [6.45, 7) is 4.55. The maximum atomic E-state index is 12.7. The van der Waals surface area contributed by atoms with Gasteiger partial charge in [-0.05, 0) is 45.2 Å². The third-order valence-electron chi connectivity index (χ3n) is 5.08. The summed E-state index contributed by atoms with van der Waals surface area (Å²) in [4.78, 5) is 15.3. The second-order valence-electron chi connectivity index (χ2n) is 6.65. The lowest BCUT2D eigenvalue weighted by Gasteiger charge is -2.36. The number of carbonyl (C=O) groups excluding carboxylic acids is 1. The number of piperidine rings is 1. The number of rotatable bonds is 5. The van der Waals surface area contributed by atoms with Crippen molar-refractivity contribution < 1.29 is 9.53 Å². The molecule has 3 fully saturated rings. The molecule has 2 aliphatic heterocycles. The number of likely N-dealkylation sites (tertiary alicyclic amines) is 1. The van der Waals surface area contributed by atoms with Gasteiger partial charge in [0.1, 0.15) is 0 Å². The third-order valence-corrected chi connectivity index (χ3v) is 5.08. The minimum atomic E-state index is -0.312. The van der Waals surface area contributed by atoms with Crippen LogP contribution in [0.2, 0.25) is 0 Å². The van der Waals surface area contributed by atoms with Crippen molar-refractivity contribution in [3.8, 4) is 0 Å². The van der Waals surface area contributed by atoms with Gasteiger partial charge in [0.05, 0.1) is 12.0 Å². The van der Waals surface area contributed by atoms with Crippen LogP contribution in [0, 0.1) is 5.41 Å². The number of hydrogen-bond acceptors (Lipinski definition) is 4. The van der Waals surface area contributed by atoms with Crippen LogP contribution in [-0.4, -0.2) is 62.8 Å². The SMILES string of the molecule is COCC1(C(=O)NC2CCN(C3CC3)C2)CCNCC1.Cl.Cl. The van der Waals surface area contributed by atoms with E-state index in [2.05, 4.69) is 15.5 Å². The molecule has 2 N–H and O–H groups in total. The molecular formula is C15H29Cl2N3O2. The van der Waals surface area contributed by atoms with Gasteiger partial charge in [-0.15, -0.1) is 24.8 Å². The number of methoxy groups -OCH3 is 1. The molecule has 7 heteroatoms. The monoisotopic (exact) mass is 353 g/mol. The summed E-state index contributed by atoms with van der Waals surface area (Å²) in [6.07, 6.45) is 5.56. The highest BCUT2D eigenvalue weighted by atomic mass is 35.5. The van der Waals surface area contributed by atoms with Gasteiger partial charge in [-0.3, -0.25) is 9.69 Å². The van der Waals surface area contributed by atoms with Crippen LogP contribution >= 0.6 is 24.8 Å². The van der Waals surface area contributed by atoms with Gasteiger partial charge in [-0.1, -0.05) is 0 Å². The van der Waals surface area contributed by atoms with Crippen LogP contribution in [0.3, 0.4) is 0 Å². The van der Waals surface area contributed by atoms with E-state index in [0.717, 1.165) is 51.5 Å². The van der Waals surface area contributed by atoms with Crippen molar-refractivity contribution in [2.45, 2.75) is 44.2 Å². The molecular weight excluding hydrogens is 325 g/mol. The summed E-state index contributed by atoms with van der Waals surface area (Å²) >= 11 is 0. The predicted octanol–water partition coefficient (Wildman–Crippen LogP) is 1.20. The van der Waals surface area contributed by atoms with E-state index in [0.29, 0.717) is 12.6 Å². The maximum Gasteiger partial charge on any atom is 0.228 e. The van der Waals surface area contributed by atoms with Crippen LogP contribution in [0.25, 0.3) is 0 Å². The van der Waals surface area contributed by atoms with E-state index in [4.69, 9.17) is 4.74 Å². The number of nitrogens with one attached hydrogen (secondary N) is 2. The third kappa shape index (κ3) is 4.48. The van der Waals surface area contributed by atoms with Crippen molar-refractivity contribution >= 4 is 30.7 Å². The highest BCUT2D eigenvalue weighted by molar-refractivity contribution is 5.85. The lowest BCUT2D eigenvalue weighted by molar-refractivity contribution is -0.136. The second-order valence-corrected chi connectivity index (χ2v) is 6.65. The van der Waals surface area contributed by atoms with Gasteiger partial charge in [-0.25, -0.2) is 0 Å². The molecule has 2 saturated heterocycles. The minimum absolute atomic E-state index is 0. The van der Waals surface area contributed by atoms with Gasteiger partial charge in [0.25, 0.3) is 0 Å². The Labute approximate surface area is 145 Å². The minimum Gasteiger partial charge on any atom is -0.384 e. The zero-order valence-corrected chi connectivity index (χ0v) is 14.9. The average molecular weight is 354 g/mol. The number of ether oxygens (including phenoxy) is 1. The van der Waals surface area contributed by atoms with Gasteiger partial charge in [0.15, 0.2) is 0 Å². The van der Waals surface area contributed by atoms with Crippen molar-refractivity contribution in [2.24, 2.45) is 5.41 Å². The molecule has 0 radical (unpaired) electrons. The molecule has 3 aliphatic rings. The van der Waals surface area contributed by atoms with Crippen LogP contribution in [-0.2, 0) is 9.53 Å². The first-order valence-electron chi connectivity index (χ1n) is 7.98. The summed E-state index contributed by atoms with van der Waals surface area (Å²) < 4.78 is 5.34. The van der Waals surface area contributed by atoms with Crippen molar-refractivity contribution in [1.29, 1.82) is 0 Å². The Hall–Kier alpha value is -0.0700. The number of hydrogen-bond donors (Lipinski definition) is 2. The molecule has 0 aromatic rings. The summed E-state index contributed by atoms with van der Waals surface area (Å²) in [5.74, 6) is 0.212. The van der Waals surface area contributed by atoms with Gasteiger partial charge >= 0.3 is 0 Å². The topological polar surface area (TPSA) is 53.6 Å². The highest BCUT2D eigenvalue weighted by Crippen LogP contribution is 2.32. The Bertz CT molecular complexity index is 355. The Morgan fingerprint density at radius 2 is 1.95 bits per heavy atom. The van der Waals surface area contributed by atoms with Crippen molar-refractivity contribution in [3.05, 3.63) is 0 Å². The molecule has 3 rings (SSSR count). The van der Waals surface area contributed by atoms with E-state index in [1.807, 2.05) is 0 Å². The zero-order chi connectivity index (χ0) is 14.0. The predicted molar refractivity (Wildman–Crippen MR) is 92.1 cm³/mol. The fourth-order valence-corrected chi connectivity index (χ4v) is 3.63. The van der Waals surface area contributed by atoms with Gasteiger partial charge in [0.2, 0.25) is 5.91 Å². The standard InChI is InChI=1S/C15H27N3O2.2ClH/c1-20-11-15(5-7-16-8-6-15)14(19)17-12-4-9-18(10-12)13-2-3-13;;/h12-13,16H,2-11H2,1H3,(H,17,19);2*1H. The molecule has 2 heterocycles. The zero-order valence-electron chi connectivity index (χ0n) is 13.3. The van der Waals surface area contributed by atoms with Gasteiger partial charge in [-0.2, -0.15) is 0 Å². The van der Waals surface area contributed by atoms with E-state index in [9.17, 15) is 4.79 Å². The molecule has 0 spiro atoms. The first-order chi connectivity index (χ1) is 9.73. The molecule has 1 aliphatic carbocycles. The molecule has 0 aromatic carbocycles. The summed E-state index contributed by atoms with van der Waals surface area (Å²) in [5, 5.41) is 6.63. The Balaban J connectivity index is 0.00000121. The molecule has 1 saturated carbocycles. The van der Waals surface area contributed by atoms with Crippen LogP contribution in [0.15, 0.2) is 0 Å². The van der Waals surface area contributed by atoms with E-state index in [-0.39, 0.29) is 36.1 Å². The number of nitrogens with zero attached hydrogens (tertiary/aromatic N) is 1. The first kappa shape index (κ1) is 20.0. The first-order valence-corrected chi connectivity index (χ1v) is 7.98. The normalized spacial score (nSPS) is 27.6. The average Bonchev–Trinajstić information content (AvgIpc) is 3.21. The van der Waals surface area contributed by atoms with E-state index in [1.54, 1.807) is 7.11 Å². The number of carbonyl (C=O) groups is 1. The van der Waals surface area contributed by atoms with E-state index in [1.165, 1.54) is 12.8 Å². The Morgan fingerprint density at radius 3 is 2.55 bits per heavy atom. The number of halogens is 2. The molecule has 0 aromatic heterocycles. The van der Waals surface area contributed by atoms with Crippen molar-refractivity contribution in [2.75, 3.05) is 39.9 Å². The molecule has 5 nitrogen and oxygen atoms in total. The number of amides is 1. The lowest BCUT2D eigenvalue weighted by atomic mass is 9.78. The quantitative estimate of drug-likeness (QED) is 0.779. The fraction of sp³-hybridized carbons (Fsp3) is 0.933. The highest BCUT2D eigenvalue weighted by Gasteiger charge is 2.42. The van der Waals surface area contributed by atoms with E-state index >= 15 is 0 Å².